The van der Waals surface area contributed by atoms with E-state index < -0.39 is 18.1 Å². The molecule has 8 heteroatoms. The number of furan rings is 1. The lowest BCUT2D eigenvalue weighted by Crippen LogP contribution is -2.42. The van der Waals surface area contributed by atoms with E-state index >= 15 is 0 Å². The Morgan fingerprint density at radius 2 is 1.97 bits per heavy atom. The Morgan fingerprint density at radius 3 is 2.65 bits per heavy atom. The molecule has 0 bridgehead atoms. The van der Waals surface area contributed by atoms with E-state index in [1.165, 1.54) is 18.0 Å². The molecule has 4 rings (SSSR count). The normalized spacial score (nSPS) is 17.4. The van der Waals surface area contributed by atoms with E-state index in [9.17, 15) is 23.1 Å². The number of phenolic OH excluding ortho intramolecular Hbond substituents is 1. The second kappa shape index (κ2) is 8.26. The first-order valence-corrected chi connectivity index (χ1v) is 10.2. The van der Waals surface area contributed by atoms with Gasteiger partial charge in [0.25, 0.3) is 5.91 Å². The number of fused-ring (bicyclic) bond motifs is 1. The highest BCUT2D eigenvalue weighted by molar-refractivity contribution is 6.12. The quantitative estimate of drug-likeness (QED) is 0.612. The van der Waals surface area contributed by atoms with Gasteiger partial charge in [-0.25, -0.2) is 0 Å². The maximum Gasteiger partial charge on any atom is 0.404 e. The molecule has 2 aromatic carbocycles. The van der Waals surface area contributed by atoms with Crippen molar-refractivity contribution in [2.75, 3.05) is 20.1 Å². The van der Waals surface area contributed by atoms with E-state index in [-0.39, 0.29) is 30.7 Å². The van der Waals surface area contributed by atoms with Gasteiger partial charge in [0.1, 0.15) is 23.1 Å². The third-order valence-corrected chi connectivity index (χ3v) is 5.82. The number of alkyl halides is 3. The van der Waals surface area contributed by atoms with Crippen LogP contribution in [0.15, 0.2) is 46.9 Å². The van der Waals surface area contributed by atoms with Crippen molar-refractivity contribution in [2.45, 2.75) is 31.5 Å². The molecule has 2 N–H and O–H groups in total. The number of nitrogens with zero attached hydrogens (tertiary/aromatic N) is 1. The summed E-state index contributed by atoms with van der Waals surface area (Å²) in [6.07, 6.45) is -3.57. The molecule has 2 heterocycles. The van der Waals surface area contributed by atoms with Crippen molar-refractivity contribution in [3.63, 3.8) is 0 Å². The Bertz CT molecular complexity index is 1090. The molecule has 1 atom stereocenters. The monoisotopic (exact) mass is 432 g/mol. The third-order valence-electron chi connectivity index (χ3n) is 5.82. The number of carbonyl (C=O) groups is 1. The molecule has 1 unspecified atom stereocenters. The maximum atomic E-state index is 13.3. The first kappa shape index (κ1) is 21.2. The van der Waals surface area contributed by atoms with Gasteiger partial charge in [-0.15, -0.1) is 0 Å². The zero-order valence-corrected chi connectivity index (χ0v) is 17.0. The molecule has 5 nitrogen and oxygen atoms in total. The number of likely N-dealkylation sites (tertiary alicyclic amines) is 1. The molecule has 31 heavy (non-hydrogen) atoms. The first-order valence-electron chi connectivity index (χ1n) is 10.2. The Labute approximate surface area is 177 Å². The van der Waals surface area contributed by atoms with Gasteiger partial charge in [0.2, 0.25) is 0 Å². The Morgan fingerprint density at radius 1 is 1.23 bits per heavy atom. The number of amides is 1. The Balaban J connectivity index is 1.78. The summed E-state index contributed by atoms with van der Waals surface area (Å²) in [5.74, 6) is -0.101. The number of carbonyl (C=O) groups excluding carboxylic acids is 1. The Kier molecular flexibility index (Phi) is 5.66. The van der Waals surface area contributed by atoms with E-state index in [0.29, 0.717) is 40.8 Å². The lowest BCUT2D eigenvalue weighted by Gasteiger charge is -2.26. The summed E-state index contributed by atoms with van der Waals surface area (Å²) in [5.41, 5.74) is 1.77. The molecule has 1 amide bonds. The number of aromatic hydroxyl groups is 1. The van der Waals surface area contributed by atoms with Crippen LogP contribution in [0.3, 0.4) is 0 Å². The predicted octanol–water partition coefficient (Wildman–Crippen LogP) is 4.73. The summed E-state index contributed by atoms with van der Waals surface area (Å²) in [5, 5.41) is 13.6. The molecule has 1 aliphatic rings. The van der Waals surface area contributed by atoms with Gasteiger partial charge in [-0.05, 0) is 37.9 Å². The molecular weight excluding hydrogens is 409 g/mol. The predicted molar refractivity (Wildman–Crippen MR) is 111 cm³/mol. The minimum absolute atomic E-state index is 0.0687. The van der Waals surface area contributed by atoms with Crippen LogP contribution >= 0.6 is 0 Å². The highest BCUT2D eigenvalue weighted by Crippen LogP contribution is 2.39. The second-order valence-corrected chi connectivity index (χ2v) is 7.67. The summed E-state index contributed by atoms with van der Waals surface area (Å²) < 4.78 is 45.9. The number of halogens is 3. The summed E-state index contributed by atoms with van der Waals surface area (Å²) in [6, 6.07) is 10.6. The average Bonchev–Trinajstić information content (AvgIpc) is 3.38. The molecule has 164 valence electrons. The fraction of sp³-hybridized carbons (Fsp3) is 0.348. The topological polar surface area (TPSA) is 65.7 Å². The smallest absolute Gasteiger partial charge is 0.404 e. The number of hydrogen-bond acceptors (Lipinski definition) is 4. The zero-order chi connectivity index (χ0) is 22.2. The number of rotatable bonds is 5. The summed E-state index contributed by atoms with van der Waals surface area (Å²) >= 11 is 0. The van der Waals surface area contributed by atoms with Gasteiger partial charge in [-0.2, -0.15) is 13.2 Å². The number of nitrogens with one attached hydrogen (secondary N) is 1. The van der Waals surface area contributed by atoms with Crippen molar-refractivity contribution < 1.29 is 27.5 Å². The molecular formula is C23H23F3N2O3. The number of hydrogen-bond donors (Lipinski definition) is 2. The molecule has 1 aromatic heterocycles. The van der Waals surface area contributed by atoms with Gasteiger partial charge in [-0.3, -0.25) is 9.69 Å². The standard InChI is InChI=1S/C23H23F3N2O3/c1-27-22(30)20-19-15(11-13-28-12-5-8-18(28)23(24,25)26)16(29)9-10-17(19)31-21(20)14-6-3-2-4-7-14/h2-4,6-7,9-10,18,29H,5,8,11-13H2,1H3,(H,27,30). The van der Waals surface area contributed by atoms with E-state index in [1.807, 2.05) is 30.3 Å². The van der Waals surface area contributed by atoms with Crippen LogP contribution in [0.5, 0.6) is 5.75 Å². The van der Waals surface area contributed by atoms with Crippen molar-refractivity contribution in [2.24, 2.45) is 0 Å². The zero-order valence-electron chi connectivity index (χ0n) is 17.0. The van der Waals surface area contributed by atoms with E-state index in [2.05, 4.69) is 5.32 Å². The molecule has 0 aliphatic carbocycles. The lowest BCUT2D eigenvalue weighted by atomic mass is 9.98. The van der Waals surface area contributed by atoms with Crippen molar-refractivity contribution in [3.05, 3.63) is 53.6 Å². The van der Waals surface area contributed by atoms with Crippen LogP contribution in [0.2, 0.25) is 0 Å². The number of phenols is 1. The van der Waals surface area contributed by atoms with Crippen LogP contribution in [0.4, 0.5) is 13.2 Å². The Hall–Kier alpha value is -3.00. The lowest BCUT2D eigenvalue weighted by molar-refractivity contribution is -0.175. The highest BCUT2D eigenvalue weighted by atomic mass is 19.4. The average molecular weight is 432 g/mol. The molecule has 1 aliphatic heterocycles. The molecule has 0 saturated carbocycles. The molecule has 0 spiro atoms. The maximum absolute atomic E-state index is 13.3. The fourth-order valence-electron chi connectivity index (χ4n) is 4.36. The van der Waals surface area contributed by atoms with Gasteiger partial charge in [0, 0.05) is 30.1 Å². The summed E-state index contributed by atoms with van der Waals surface area (Å²) in [4.78, 5) is 14.2. The van der Waals surface area contributed by atoms with Crippen molar-refractivity contribution >= 4 is 16.9 Å². The minimum Gasteiger partial charge on any atom is -0.508 e. The van der Waals surface area contributed by atoms with Gasteiger partial charge in [-0.1, -0.05) is 30.3 Å². The van der Waals surface area contributed by atoms with Gasteiger partial charge in [0.05, 0.1) is 5.56 Å². The largest absolute Gasteiger partial charge is 0.508 e. The molecule has 0 radical (unpaired) electrons. The van der Waals surface area contributed by atoms with Crippen molar-refractivity contribution in [3.8, 4) is 17.1 Å². The highest BCUT2D eigenvalue weighted by Gasteiger charge is 2.45. The molecule has 1 fully saturated rings. The summed E-state index contributed by atoms with van der Waals surface area (Å²) in [7, 11) is 1.50. The molecule has 1 saturated heterocycles. The van der Waals surface area contributed by atoms with Crippen LogP contribution in [-0.4, -0.2) is 48.3 Å². The SMILES string of the molecule is CNC(=O)c1c(-c2ccccc2)oc2ccc(O)c(CCN3CCCC3C(F)(F)F)c12. The van der Waals surface area contributed by atoms with Crippen molar-refractivity contribution in [1.82, 2.24) is 10.2 Å². The van der Waals surface area contributed by atoms with Crippen LogP contribution in [0.25, 0.3) is 22.3 Å². The van der Waals surface area contributed by atoms with Crippen molar-refractivity contribution in [1.29, 1.82) is 0 Å². The second-order valence-electron chi connectivity index (χ2n) is 7.67. The summed E-state index contributed by atoms with van der Waals surface area (Å²) in [6.45, 7) is 0.472. The van der Waals surface area contributed by atoms with Crippen LogP contribution < -0.4 is 5.32 Å². The van der Waals surface area contributed by atoms with Crippen LogP contribution in [-0.2, 0) is 6.42 Å². The van der Waals surface area contributed by atoms with Crippen LogP contribution in [0.1, 0.15) is 28.8 Å². The minimum atomic E-state index is -4.28. The number of benzene rings is 2. The van der Waals surface area contributed by atoms with E-state index in [0.717, 1.165) is 0 Å². The van der Waals surface area contributed by atoms with Crippen LogP contribution in [0, 0.1) is 0 Å². The van der Waals surface area contributed by atoms with E-state index in [4.69, 9.17) is 4.42 Å². The molecule has 3 aromatic rings. The van der Waals surface area contributed by atoms with Gasteiger partial charge < -0.3 is 14.8 Å². The fourth-order valence-corrected chi connectivity index (χ4v) is 4.36. The third kappa shape index (κ3) is 3.99. The van der Waals surface area contributed by atoms with Gasteiger partial charge >= 0.3 is 6.18 Å². The first-order chi connectivity index (χ1) is 14.8. The van der Waals surface area contributed by atoms with E-state index in [1.54, 1.807) is 6.07 Å². The van der Waals surface area contributed by atoms with Gasteiger partial charge in [0.15, 0.2) is 0 Å².